The van der Waals surface area contributed by atoms with Gasteiger partial charge in [-0.3, -0.25) is 4.68 Å². The molecule has 0 spiro atoms. The highest BCUT2D eigenvalue weighted by Crippen LogP contribution is 2.03. The normalized spacial score (nSPS) is 10.6. The monoisotopic (exact) mass is 200 g/mol. The van der Waals surface area contributed by atoms with Gasteiger partial charge in [-0.25, -0.2) is 0 Å². The number of rotatable bonds is 6. The summed E-state index contributed by atoms with van der Waals surface area (Å²) >= 11 is 5.58. The molecular formula is C10H17ClN2. The first-order valence-corrected chi connectivity index (χ1v) is 5.42. The second-order valence-corrected chi connectivity index (χ2v) is 3.70. The van der Waals surface area contributed by atoms with Crippen molar-refractivity contribution in [2.45, 2.75) is 39.2 Å². The Labute approximate surface area is 84.9 Å². The van der Waals surface area contributed by atoms with Gasteiger partial charge in [0.15, 0.2) is 0 Å². The lowest BCUT2D eigenvalue weighted by Gasteiger charge is -2.00. The van der Waals surface area contributed by atoms with Crippen LogP contribution in [0.15, 0.2) is 12.3 Å². The molecule has 0 atom stereocenters. The maximum absolute atomic E-state index is 5.58. The molecule has 0 amide bonds. The third-order valence-electron chi connectivity index (χ3n) is 2.04. The fourth-order valence-electron chi connectivity index (χ4n) is 1.31. The van der Waals surface area contributed by atoms with E-state index in [1.54, 1.807) is 0 Å². The first-order chi connectivity index (χ1) is 6.33. The molecule has 74 valence electrons. The average molecular weight is 201 g/mol. The highest BCUT2D eigenvalue weighted by atomic mass is 35.5. The predicted molar refractivity (Wildman–Crippen MR) is 56.2 cm³/mol. The molecule has 0 radical (unpaired) electrons. The van der Waals surface area contributed by atoms with Crippen LogP contribution < -0.4 is 0 Å². The highest BCUT2D eigenvalue weighted by Gasteiger charge is 1.93. The Morgan fingerprint density at radius 3 is 2.69 bits per heavy atom. The van der Waals surface area contributed by atoms with Crippen LogP contribution in [0.3, 0.4) is 0 Å². The van der Waals surface area contributed by atoms with Crippen molar-refractivity contribution in [1.29, 1.82) is 0 Å². The Hall–Kier alpha value is -0.500. The van der Waals surface area contributed by atoms with Crippen LogP contribution in [0.4, 0.5) is 0 Å². The Balaban J connectivity index is 2.06. The van der Waals surface area contributed by atoms with E-state index in [0.29, 0.717) is 0 Å². The molecule has 0 aliphatic rings. The highest BCUT2D eigenvalue weighted by molar-refractivity contribution is 6.17. The van der Waals surface area contributed by atoms with Gasteiger partial charge in [0.05, 0.1) is 5.69 Å². The fraction of sp³-hybridized carbons (Fsp3) is 0.700. The molecule has 0 unspecified atom stereocenters. The van der Waals surface area contributed by atoms with Crippen molar-refractivity contribution in [3.05, 3.63) is 18.0 Å². The lowest BCUT2D eigenvalue weighted by atomic mass is 10.2. The van der Waals surface area contributed by atoms with Crippen LogP contribution in [0.5, 0.6) is 0 Å². The maximum atomic E-state index is 5.58. The van der Waals surface area contributed by atoms with Crippen LogP contribution in [0.25, 0.3) is 0 Å². The summed E-state index contributed by atoms with van der Waals surface area (Å²) in [4.78, 5) is 0. The predicted octanol–water partition coefficient (Wildman–Crippen LogP) is 2.99. The summed E-state index contributed by atoms with van der Waals surface area (Å²) in [7, 11) is 0. The SMILES string of the molecule is Cc1ccn(CCCCCCCl)n1. The van der Waals surface area contributed by atoms with Crippen LogP contribution in [-0.2, 0) is 6.54 Å². The van der Waals surface area contributed by atoms with Crippen LogP contribution in [0.1, 0.15) is 31.4 Å². The standard InChI is InChI=1S/C10H17ClN2/c1-10-6-9-13(12-10)8-5-3-2-4-7-11/h6,9H,2-5,7-8H2,1H3. The zero-order valence-electron chi connectivity index (χ0n) is 8.17. The van der Waals surface area contributed by atoms with Crippen LogP contribution in [-0.4, -0.2) is 15.7 Å². The first kappa shape index (κ1) is 10.6. The second kappa shape index (κ2) is 6.03. The van der Waals surface area contributed by atoms with Gasteiger partial charge in [-0.1, -0.05) is 12.8 Å². The molecule has 0 saturated heterocycles. The minimum atomic E-state index is 0.793. The Morgan fingerprint density at radius 2 is 2.08 bits per heavy atom. The van der Waals surface area contributed by atoms with Gasteiger partial charge >= 0.3 is 0 Å². The van der Waals surface area contributed by atoms with Gasteiger partial charge in [-0.15, -0.1) is 11.6 Å². The first-order valence-electron chi connectivity index (χ1n) is 4.89. The Bertz CT molecular complexity index is 233. The smallest absolute Gasteiger partial charge is 0.0593 e. The van der Waals surface area contributed by atoms with Crippen molar-refractivity contribution in [2.24, 2.45) is 0 Å². The third-order valence-corrected chi connectivity index (χ3v) is 2.31. The van der Waals surface area contributed by atoms with Gasteiger partial charge in [0, 0.05) is 18.6 Å². The molecule has 0 bridgehead atoms. The van der Waals surface area contributed by atoms with E-state index < -0.39 is 0 Å². The van der Waals surface area contributed by atoms with E-state index in [2.05, 4.69) is 5.10 Å². The van der Waals surface area contributed by atoms with Crippen molar-refractivity contribution in [2.75, 3.05) is 5.88 Å². The molecule has 1 rings (SSSR count). The Morgan fingerprint density at radius 1 is 1.31 bits per heavy atom. The van der Waals surface area contributed by atoms with E-state index in [1.807, 2.05) is 23.9 Å². The number of aromatic nitrogens is 2. The van der Waals surface area contributed by atoms with E-state index in [9.17, 15) is 0 Å². The maximum Gasteiger partial charge on any atom is 0.0593 e. The van der Waals surface area contributed by atoms with Gasteiger partial charge in [0.2, 0.25) is 0 Å². The Kier molecular flexibility index (Phi) is 4.91. The molecule has 13 heavy (non-hydrogen) atoms. The minimum Gasteiger partial charge on any atom is -0.273 e. The van der Waals surface area contributed by atoms with Crippen molar-refractivity contribution >= 4 is 11.6 Å². The molecule has 0 fully saturated rings. The van der Waals surface area contributed by atoms with E-state index in [0.717, 1.165) is 24.5 Å². The molecule has 1 heterocycles. The van der Waals surface area contributed by atoms with Crippen molar-refractivity contribution in [1.82, 2.24) is 9.78 Å². The molecule has 2 nitrogen and oxygen atoms in total. The summed E-state index contributed by atoms with van der Waals surface area (Å²) < 4.78 is 2.01. The number of aryl methyl sites for hydroxylation is 2. The molecule has 3 heteroatoms. The largest absolute Gasteiger partial charge is 0.273 e. The summed E-state index contributed by atoms with van der Waals surface area (Å²) in [6.45, 7) is 3.06. The zero-order valence-corrected chi connectivity index (χ0v) is 8.93. The lowest BCUT2D eigenvalue weighted by molar-refractivity contribution is 0.539. The summed E-state index contributed by atoms with van der Waals surface area (Å²) in [5.74, 6) is 0.793. The van der Waals surface area contributed by atoms with Gasteiger partial charge in [-0.05, 0) is 25.8 Å². The average Bonchev–Trinajstić information content (AvgIpc) is 2.51. The summed E-state index contributed by atoms with van der Waals surface area (Å²) in [5.41, 5.74) is 1.10. The van der Waals surface area contributed by atoms with Gasteiger partial charge < -0.3 is 0 Å². The summed E-state index contributed by atoms with van der Waals surface area (Å²) in [5, 5.41) is 4.32. The number of unbranched alkanes of at least 4 members (excludes halogenated alkanes) is 3. The van der Waals surface area contributed by atoms with Gasteiger partial charge in [0.25, 0.3) is 0 Å². The molecule has 0 aliphatic carbocycles. The van der Waals surface area contributed by atoms with E-state index in [4.69, 9.17) is 11.6 Å². The molecule has 1 aromatic heterocycles. The molecule has 0 aromatic carbocycles. The topological polar surface area (TPSA) is 17.8 Å². The number of nitrogens with zero attached hydrogens (tertiary/aromatic N) is 2. The van der Waals surface area contributed by atoms with Crippen molar-refractivity contribution < 1.29 is 0 Å². The third kappa shape index (κ3) is 4.32. The molecule has 1 aromatic rings. The van der Waals surface area contributed by atoms with E-state index >= 15 is 0 Å². The van der Waals surface area contributed by atoms with Crippen LogP contribution >= 0.6 is 11.6 Å². The van der Waals surface area contributed by atoms with E-state index in [1.165, 1.54) is 19.3 Å². The number of halogens is 1. The molecule has 0 aliphatic heterocycles. The van der Waals surface area contributed by atoms with E-state index in [-0.39, 0.29) is 0 Å². The van der Waals surface area contributed by atoms with Crippen molar-refractivity contribution in [3.8, 4) is 0 Å². The number of hydrogen-bond donors (Lipinski definition) is 0. The quantitative estimate of drug-likeness (QED) is 0.510. The summed E-state index contributed by atoms with van der Waals surface area (Å²) in [6.07, 6.45) is 6.88. The van der Waals surface area contributed by atoms with Crippen molar-refractivity contribution in [3.63, 3.8) is 0 Å². The minimum absolute atomic E-state index is 0.793. The van der Waals surface area contributed by atoms with Crippen LogP contribution in [0, 0.1) is 6.92 Å². The molecule has 0 saturated carbocycles. The number of hydrogen-bond acceptors (Lipinski definition) is 1. The van der Waals surface area contributed by atoms with Gasteiger partial charge in [-0.2, -0.15) is 5.10 Å². The summed E-state index contributed by atoms with van der Waals surface area (Å²) in [6, 6.07) is 2.04. The molecule has 0 N–H and O–H groups in total. The number of alkyl halides is 1. The molecular weight excluding hydrogens is 184 g/mol. The lowest BCUT2D eigenvalue weighted by Crippen LogP contribution is -1.98. The zero-order chi connectivity index (χ0) is 9.52. The fourth-order valence-corrected chi connectivity index (χ4v) is 1.50. The van der Waals surface area contributed by atoms with Crippen LogP contribution in [0.2, 0.25) is 0 Å². The second-order valence-electron chi connectivity index (χ2n) is 3.32. The van der Waals surface area contributed by atoms with Gasteiger partial charge in [0.1, 0.15) is 0 Å².